The van der Waals surface area contributed by atoms with Crippen LogP contribution in [-0.4, -0.2) is 38.6 Å². The molecule has 0 saturated heterocycles. The van der Waals surface area contributed by atoms with Gasteiger partial charge in [0.05, 0.1) is 6.54 Å². The Morgan fingerprint density at radius 1 is 1.11 bits per heavy atom. The van der Waals surface area contributed by atoms with Gasteiger partial charge in [0, 0.05) is 37.3 Å². The van der Waals surface area contributed by atoms with Crippen molar-refractivity contribution < 1.29 is 9.53 Å². The second kappa shape index (κ2) is 11.1. The molecule has 0 bridgehead atoms. The van der Waals surface area contributed by atoms with Crippen molar-refractivity contribution in [1.82, 2.24) is 10.6 Å². The lowest BCUT2D eigenvalue weighted by Crippen LogP contribution is -2.40. The maximum Gasteiger partial charge on any atom is 0.221 e. The van der Waals surface area contributed by atoms with Crippen molar-refractivity contribution in [3.8, 4) is 5.75 Å². The molecule has 0 fully saturated rings. The molecule has 0 spiro atoms. The number of ether oxygens (including phenoxy) is 1. The quantitative estimate of drug-likeness (QED) is 0.369. The van der Waals surface area contributed by atoms with E-state index in [-0.39, 0.29) is 5.91 Å². The van der Waals surface area contributed by atoms with E-state index >= 15 is 0 Å². The Kier molecular flexibility index (Phi) is 8.45. The Hall–Kier alpha value is -2.73. The molecule has 144 valence electrons. The summed E-state index contributed by atoms with van der Waals surface area (Å²) in [6, 6.07) is 15.1. The molecule has 6 nitrogen and oxygen atoms in total. The summed E-state index contributed by atoms with van der Waals surface area (Å²) in [5, 5.41) is 9.94. The summed E-state index contributed by atoms with van der Waals surface area (Å²) in [4.78, 5) is 15.3. The first-order valence-corrected chi connectivity index (χ1v) is 9.14. The fourth-order valence-electron chi connectivity index (χ4n) is 2.44. The molecule has 0 aliphatic rings. The predicted molar refractivity (Wildman–Crippen MR) is 111 cm³/mol. The van der Waals surface area contributed by atoms with Gasteiger partial charge in [-0.3, -0.25) is 9.79 Å². The lowest BCUT2D eigenvalue weighted by molar-refractivity contribution is -0.114. The van der Waals surface area contributed by atoms with Gasteiger partial charge in [0.15, 0.2) is 5.96 Å². The molecule has 0 atom stereocenters. The predicted octanol–water partition coefficient (Wildman–Crippen LogP) is 3.08. The molecule has 1 amide bonds. The highest BCUT2D eigenvalue weighted by Crippen LogP contribution is 2.17. The van der Waals surface area contributed by atoms with Crippen LogP contribution in [0.4, 0.5) is 5.69 Å². The lowest BCUT2D eigenvalue weighted by atomic mass is 10.1. The van der Waals surface area contributed by atoms with E-state index in [0.29, 0.717) is 30.5 Å². The second-order valence-corrected chi connectivity index (χ2v) is 6.30. The van der Waals surface area contributed by atoms with Gasteiger partial charge in [-0.1, -0.05) is 29.8 Å². The Labute approximate surface area is 165 Å². The smallest absolute Gasteiger partial charge is 0.221 e. The molecule has 2 aromatic rings. The molecule has 3 N–H and O–H groups in total. The van der Waals surface area contributed by atoms with Crippen molar-refractivity contribution in [3.05, 3.63) is 59.1 Å². The van der Waals surface area contributed by atoms with Gasteiger partial charge < -0.3 is 20.7 Å². The van der Waals surface area contributed by atoms with Crippen LogP contribution in [0.15, 0.2) is 53.5 Å². The second-order valence-electron chi connectivity index (χ2n) is 5.86. The minimum absolute atomic E-state index is 0.110. The number of hydrogen-bond donors (Lipinski definition) is 3. The summed E-state index contributed by atoms with van der Waals surface area (Å²) in [5.74, 6) is 1.31. The van der Waals surface area contributed by atoms with E-state index in [2.05, 4.69) is 20.9 Å². The van der Waals surface area contributed by atoms with Crippen LogP contribution in [0.5, 0.6) is 5.75 Å². The van der Waals surface area contributed by atoms with Crippen LogP contribution in [0.2, 0.25) is 5.02 Å². The third kappa shape index (κ3) is 8.00. The number of benzene rings is 2. The number of nitrogens with one attached hydrogen (secondary N) is 3. The third-order valence-electron chi connectivity index (χ3n) is 3.64. The number of aliphatic imine (C=N–C) groups is 1. The number of carbonyl (C=O) groups is 1. The van der Waals surface area contributed by atoms with Gasteiger partial charge >= 0.3 is 0 Å². The molecule has 2 aromatic carbocycles. The van der Waals surface area contributed by atoms with Crippen LogP contribution < -0.4 is 20.7 Å². The summed E-state index contributed by atoms with van der Waals surface area (Å²) in [6.07, 6.45) is 0.855. The highest BCUT2D eigenvalue weighted by atomic mass is 35.5. The highest BCUT2D eigenvalue weighted by molar-refractivity contribution is 6.30. The van der Waals surface area contributed by atoms with Crippen molar-refractivity contribution in [2.75, 3.05) is 32.1 Å². The van der Waals surface area contributed by atoms with E-state index < -0.39 is 0 Å². The molecule has 2 rings (SSSR count). The zero-order valence-corrected chi connectivity index (χ0v) is 16.3. The average molecular weight is 389 g/mol. The summed E-state index contributed by atoms with van der Waals surface area (Å²) >= 11 is 5.99. The molecule has 7 heteroatoms. The summed E-state index contributed by atoms with van der Waals surface area (Å²) in [6.45, 7) is 3.29. The van der Waals surface area contributed by atoms with Gasteiger partial charge in [-0.05, 0) is 36.2 Å². The molecule has 0 saturated carbocycles. The van der Waals surface area contributed by atoms with Gasteiger partial charge in [0.1, 0.15) is 12.4 Å². The van der Waals surface area contributed by atoms with Crippen LogP contribution in [0, 0.1) is 0 Å². The van der Waals surface area contributed by atoms with Crippen LogP contribution in [0.3, 0.4) is 0 Å². The van der Waals surface area contributed by atoms with E-state index in [4.69, 9.17) is 16.3 Å². The Morgan fingerprint density at radius 2 is 1.89 bits per heavy atom. The molecule has 27 heavy (non-hydrogen) atoms. The number of amides is 1. The van der Waals surface area contributed by atoms with E-state index in [1.165, 1.54) is 12.5 Å². The first-order valence-electron chi connectivity index (χ1n) is 8.76. The van der Waals surface area contributed by atoms with Gasteiger partial charge in [0.2, 0.25) is 5.91 Å². The van der Waals surface area contributed by atoms with E-state index in [1.54, 1.807) is 13.1 Å². The monoisotopic (exact) mass is 388 g/mol. The van der Waals surface area contributed by atoms with Crippen molar-refractivity contribution >= 4 is 29.2 Å². The molecule has 0 aromatic heterocycles. The van der Waals surface area contributed by atoms with Crippen molar-refractivity contribution in [1.29, 1.82) is 0 Å². The topological polar surface area (TPSA) is 74.8 Å². The number of hydrogen-bond acceptors (Lipinski definition) is 3. The van der Waals surface area contributed by atoms with Gasteiger partial charge in [-0.2, -0.15) is 0 Å². The molecule has 0 heterocycles. The number of halogens is 1. The maximum absolute atomic E-state index is 11.1. The number of guanidine groups is 1. The largest absolute Gasteiger partial charge is 0.492 e. The first-order chi connectivity index (χ1) is 13.1. The molecule has 0 aliphatic heterocycles. The molecular formula is C20H25ClN4O2. The molecule has 0 aliphatic carbocycles. The first kappa shape index (κ1) is 20.6. The zero-order chi connectivity index (χ0) is 19.5. The normalized spacial score (nSPS) is 11.0. The zero-order valence-electron chi connectivity index (χ0n) is 15.6. The SMILES string of the molecule is CN=C(NCCOc1cccc(NC(C)=O)c1)NCCc1cccc(Cl)c1. The third-order valence-corrected chi connectivity index (χ3v) is 3.87. The number of carbonyl (C=O) groups excluding carboxylic acids is 1. The van der Waals surface area contributed by atoms with Crippen molar-refractivity contribution in [2.24, 2.45) is 4.99 Å². The van der Waals surface area contributed by atoms with E-state index in [0.717, 1.165) is 18.0 Å². The number of anilines is 1. The minimum atomic E-state index is -0.110. The summed E-state index contributed by atoms with van der Waals surface area (Å²) in [5.41, 5.74) is 1.89. The number of rotatable bonds is 8. The minimum Gasteiger partial charge on any atom is -0.492 e. The van der Waals surface area contributed by atoms with Gasteiger partial charge in [-0.25, -0.2) is 0 Å². The lowest BCUT2D eigenvalue weighted by Gasteiger charge is -2.13. The molecular weight excluding hydrogens is 364 g/mol. The fraction of sp³-hybridized carbons (Fsp3) is 0.300. The van der Waals surface area contributed by atoms with Crippen molar-refractivity contribution in [2.45, 2.75) is 13.3 Å². The van der Waals surface area contributed by atoms with E-state index in [1.807, 2.05) is 42.5 Å². The Balaban J connectivity index is 1.68. The summed E-state index contributed by atoms with van der Waals surface area (Å²) < 4.78 is 5.70. The Morgan fingerprint density at radius 3 is 2.63 bits per heavy atom. The van der Waals surface area contributed by atoms with E-state index in [9.17, 15) is 4.79 Å². The van der Waals surface area contributed by atoms with Crippen LogP contribution >= 0.6 is 11.6 Å². The van der Waals surface area contributed by atoms with Crippen LogP contribution in [-0.2, 0) is 11.2 Å². The van der Waals surface area contributed by atoms with Crippen LogP contribution in [0.1, 0.15) is 12.5 Å². The van der Waals surface area contributed by atoms with Crippen LogP contribution in [0.25, 0.3) is 0 Å². The van der Waals surface area contributed by atoms with Gasteiger partial charge in [0.25, 0.3) is 0 Å². The van der Waals surface area contributed by atoms with Gasteiger partial charge in [-0.15, -0.1) is 0 Å². The van der Waals surface area contributed by atoms with Crippen molar-refractivity contribution in [3.63, 3.8) is 0 Å². The standard InChI is InChI=1S/C20H25ClN4O2/c1-15(26)25-18-7-4-8-19(14-18)27-12-11-24-20(22-2)23-10-9-16-5-3-6-17(21)13-16/h3-8,13-14H,9-12H2,1-2H3,(H,25,26)(H2,22,23,24). The maximum atomic E-state index is 11.1. The highest BCUT2D eigenvalue weighted by Gasteiger charge is 2.01. The fourth-order valence-corrected chi connectivity index (χ4v) is 2.66. The Bertz CT molecular complexity index is 780. The summed E-state index contributed by atoms with van der Waals surface area (Å²) in [7, 11) is 1.73. The average Bonchev–Trinajstić information content (AvgIpc) is 2.63. The molecule has 0 radical (unpaired) electrons. The number of nitrogens with zero attached hydrogens (tertiary/aromatic N) is 1. The molecule has 0 unspecified atom stereocenters.